The first-order valence-corrected chi connectivity index (χ1v) is 7.10. The molecule has 6 nitrogen and oxygen atoms in total. The van der Waals surface area contributed by atoms with Crippen LogP contribution in [-0.2, 0) is 0 Å². The molecule has 2 heterocycles. The van der Waals surface area contributed by atoms with Gasteiger partial charge in [-0.3, -0.25) is 4.79 Å². The summed E-state index contributed by atoms with van der Waals surface area (Å²) in [6.45, 7) is 6.91. The van der Waals surface area contributed by atoms with Crippen molar-refractivity contribution in [3.63, 3.8) is 0 Å². The van der Waals surface area contributed by atoms with Gasteiger partial charge in [0.05, 0.1) is 5.56 Å². The highest BCUT2D eigenvalue weighted by molar-refractivity contribution is 5.93. The van der Waals surface area contributed by atoms with Gasteiger partial charge in [0.1, 0.15) is 0 Å². The Morgan fingerprint density at radius 3 is 2.70 bits per heavy atom. The summed E-state index contributed by atoms with van der Waals surface area (Å²) < 4.78 is 0. The van der Waals surface area contributed by atoms with Crippen molar-refractivity contribution < 1.29 is 4.79 Å². The first kappa shape index (κ1) is 14.7. The number of hydrogen-bond donors (Lipinski definition) is 2. The van der Waals surface area contributed by atoms with Crippen molar-refractivity contribution >= 4 is 11.9 Å². The lowest BCUT2D eigenvalue weighted by molar-refractivity contribution is 0.0947. The Kier molecular flexibility index (Phi) is 4.89. The van der Waals surface area contributed by atoms with Crippen LogP contribution in [0.2, 0.25) is 0 Å². The van der Waals surface area contributed by atoms with E-state index in [0.717, 1.165) is 26.1 Å². The van der Waals surface area contributed by atoms with Crippen LogP contribution >= 0.6 is 0 Å². The number of rotatable bonds is 5. The van der Waals surface area contributed by atoms with E-state index in [2.05, 4.69) is 32.5 Å². The maximum atomic E-state index is 12.0. The fourth-order valence-corrected chi connectivity index (χ4v) is 2.31. The smallest absolute Gasteiger partial charge is 0.254 e. The molecule has 0 aliphatic carbocycles. The van der Waals surface area contributed by atoms with Crippen LogP contribution < -0.4 is 10.6 Å². The highest BCUT2D eigenvalue weighted by Gasteiger charge is 2.20. The molecule has 0 aromatic carbocycles. The number of nitrogens with zero attached hydrogens (tertiary/aromatic N) is 3. The summed E-state index contributed by atoms with van der Waals surface area (Å²) in [6, 6.07) is 0.272. The Bertz CT molecular complexity index is 445. The number of hydrogen-bond acceptors (Lipinski definition) is 5. The molecule has 0 radical (unpaired) electrons. The van der Waals surface area contributed by atoms with Gasteiger partial charge in [-0.15, -0.1) is 0 Å². The molecule has 1 saturated heterocycles. The quantitative estimate of drug-likeness (QED) is 0.839. The summed E-state index contributed by atoms with van der Waals surface area (Å²) in [5.41, 5.74) is 0.505. The highest BCUT2D eigenvalue weighted by Crippen LogP contribution is 2.13. The van der Waals surface area contributed by atoms with E-state index >= 15 is 0 Å². The third-order valence-electron chi connectivity index (χ3n) is 3.37. The van der Waals surface area contributed by atoms with Gasteiger partial charge in [0.25, 0.3) is 5.91 Å². The van der Waals surface area contributed by atoms with E-state index in [1.54, 1.807) is 12.4 Å². The van der Waals surface area contributed by atoms with Crippen LogP contribution in [-0.4, -0.2) is 53.5 Å². The summed E-state index contributed by atoms with van der Waals surface area (Å²) in [4.78, 5) is 22.6. The van der Waals surface area contributed by atoms with E-state index in [4.69, 9.17) is 0 Å². The van der Waals surface area contributed by atoms with Crippen molar-refractivity contribution in [2.75, 3.05) is 32.0 Å². The van der Waals surface area contributed by atoms with Crippen molar-refractivity contribution in [1.82, 2.24) is 20.2 Å². The van der Waals surface area contributed by atoms with Crippen LogP contribution in [0.1, 0.15) is 30.6 Å². The van der Waals surface area contributed by atoms with Crippen LogP contribution in [0.4, 0.5) is 5.95 Å². The van der Waals surface area contributed by atoms with Gasteiger partial charge in [0.2, 0.25) is 5.95 Å². The lowest BCUT2D eigenvalue weighted by atomic mass is 10.1. The topological polar surface area (TPSA) is 70.2 Å². The molecule has 1 fully saturated rings. The molecule has 0 spiro atoms. The van der Waals surface area contributed by atoms with Gasteiger partial charge in [-0.25, -0.2) is 9.97 Å². The number of anilines is 1. The first-order chi connectivity index (χ1) is 9.54. The molecule has 1 aliphatic heterocycles. The molecule has 1 aliphatic rings. The van der Waals surface area contributed by atoms with Gasteiger partial charge < -0.3 is 15.5 Å². The number of aromatic nitrogens is 2. The Morgan fingerprint density at radius 2 is 2.15 bits per heavy atom. The lowest BCUT2D eigenvalue weighted by Crippen LogP contribution is -2.30. The maximum absolute atomic E-state index is 12.0. The predicted octanol–water partition coefficient (Wildman–Crippen LogP) is 0.978. The van der Waals surface area contributed by atoms with Gasteiger partial charge in [-0.05, 0) is 39.8 Å². The Hall–Kier alpha value is -1.69. The molecule has 1 aromatic rings. The lowest BCUT2D eigenvalue weighted by Gasteiger charge is -2.12. The monoisotopic (exact) mass is 277 g/mol. The molecule has 1 unspecified atom stereocenters. The third kappa shape index (κ3) is 4.16. The zero-order valence-electron chi connectivity index (χ0n) is 12.4. The van der Waals surface area contributed by atoms with E-state index in [1.165, 1.54) is 0 Å². The van der Waals surface area contributed by atoms with E-state index in [-0.39, 0.29) is 11.9 Å². The molecular weight excluding hydrogens is 254 g/mol. The second-order valence-corrected chi connectivity index (χ2v) is 5.72. The molecule has 0 bridgehead atoms. The van der Waals surface area contributed by atoms with Crippen LogP contribution in [0, 0.1) is 5.92 Å². The minimum Gasteiger partial charge on any atom is -0.352 e. The minimum absolute atomic E-state index is 0.101. The highest BCUT2D eigenvalue weighted by atomic mass is 16.1. The molecular formula is C14H23N5O. The molecule has 1 atom stereocenters. The zero-order chi connectivity index (χ0) is 14.5. The van der Waals surface area contributed by atoms with Crippen LogP contribution in [0.5, 0.6) is 0 Å². The molecule has 2 rings (SSSR count). The SMILES string of the molecule is CC(C)Nc1ncc(C(=O)NCC2CCN(C)C2)cn1. The number of nitrogens with one attached hydrogen (secondary N) is 2. The summed E-state index contributed by atoms with van der Waals surface area (Å²) in [5.74, 6) is 0.997. The second kappa shape index (κ2) is 6.65. The summed E-state index contributed by atoms with van der Waals surface area (Å²) >= 11 is 0. The zero-order valence-corrected chi connectivity index (χ0v) is 12.4. The maximum Gasteiger partial charge on any atom is 0.254 e. The van der Waals surface area contributed by atoms with Gasteiger partial charge in [0, 0.05) is 31.5 Å². The molecule has 110 valence electrons. The minimum atomic E-state index is -0.101. The van der Waals surface area contributed by atoms with Crippen molar-refractivity contribution in [1.29, 1.82) is 0 Å². The number of carbonyl (C=O) groups is 1. The van der Waals surface area contributed by atoms with Crippen LogP contribution in [0.3, 0.4) is 0 Å². The fraction of sp³-hybridized carbons (Fsp3) is 0.643. The number of likely N-dealkylation sites (tertiary alicyclic amines) is 1. The van der Waals surface area contributed by atoms with E-state index < -0.39 is 0 Å². The largest absolute Gasteiger partial charge is 0.352 e. The van der Waals surface area contributed by atoms with Crippen molar-refractivity contribution in [3.8, 4) is 0 Å². The van der Waals surface area contributed by atoms with Crippen molar-refractivity contribution in [3.05, 3.63) is 18.0 Å². The van der Waals surface area contributed by atoms with E-state index in [9.17, 15) is 4.79 Å². The Labute approximate surface area is 120 Å². The average molecular weight is 277 g/mol. The van der Waals surface area contributed by atoms with Gasteiger partial charge in [-0.1, -0.05) is 0 Å². The second-order valence-electron chi connectivity index (χ2n) is 5.72. The third-order valence-corrected chi connectivity index (χ3v) is 3.37. The molecule has 20 heavy (non-hydrogen) atoms. The van der Waals surface area contributed by atoms with Gasteiger partial charge >= 0.3 is 0 Å². The van der Waals surface area contributed by atoms with Gasteiger partial charge in [-0.2, -0.15) is 0 Å². The fourth-order valence-electron chi connectivity index (χ4n) is 2.31. The first-order valence-electron chi connectivity index (χ1n) is 7.10. The van der Waals surface area contributed by atoms with Crippen LogP contribution in [0.15, 0.2) is 12.4 Å². The van der Waals surface area contributed by atoms with E-state index in [0.29, 0.717) is 17.4 Å². The molecule has 1 aromatic heterocycles. The van der Waals surface area contributed by atoms with E-state index in [1.807, 2.05) is 13.8 Å². The average Bonchev–Trinajstić information content (AvgIpc) is 2.82. The molecule has 1 amide bonds. The predicted molar refractivity (Wildman–Crippen MR) is 78.7 cm³/mol. The Morgan fingerprint density at radius 1 is 1.45 bits per heavy atom. The Balaban J connectivity index is 1.83. The summed E-state index contributed by atoms with van der Waals surface area (Å²) in [6.07, 6.45) is 4.27. The molecule has 0 saturated carbocycles. The van der Waals surface area contributed by atoms with Gasteiger partial charge in [0.15, 0.2) is 0 Å². The van der Waals surface area contributed by atoms with Crippen LogP contribution in [0.25, 0.3) is 0 Å². The van der Waals surface area contributed by atoms with Crippen molar-refractivity contribution in [2.45, 2.75) is 26.3 Å². The normalized spacial score (nSPS) is 19.3. The number of carbonyl (C=O) groups excluding carboxylic acids is 1. The standard InChI is InChI=1S/C14H23N5O/c1-10(2)18-14-16-7-12(8-17-14)13(20)15-6-11-4-5-19(3)9-11/h7-8,10-11H,4-6,9H2,1-3H3,(H,15,20)(H,16,17,18). The summed E-state index contributed by atoms with van der Waals surface area (Å²) in [7, 11) is 2.11. The molecule has 6 heteroatoms. The molecule has 2 N–H and O–H groups in total. The number of amides is 1. The summed E-state index contributed by atoms with van der Waals surface area (Å²) in [5, 5.41) is 6.05. The van der Waals surface area contributed by atoms with Crippen molar-refractivity contribution in [2.24, 2.45) is 5.92 Å².